The summed E-state index contributed by atoms with van der Waals surface area (Å²) in [4.78, 5) is 12.8. The van der Waals surface area contributed by atoms with E-state index in [0.29, 0.717) is 12.2 Å². The molecule has 0 aromatic heterocycles. The van der Waals surface area contributed by atoms with Gasteiger partial charge in [0, 0.05) is 11.1 Å². The van der Waals surface area contributed by atoms with Crippen molar-refractivity contribution in [3.05, 3.63) is 97.1 Å². The molecule has 4 aromatic rings. The summed E-state index contributed by atoms with van der Waals surface area (Å²) in [6.45, 7) is 1.95. The second kappa shape index (κ2) is 8.61. The van der Waals surface area contributed by atoms with Crippen LogP contribution in [0.15, 0.2) is 97.1 Å². The summed E-state index contributed by atoms with van der Waals surface area (Å²) in [6.07, 6.45) is 0.0216. The molecule has 1 N–H and O–H groups in total. The van der Waals surface area contributed by atoms with Crippen molar-refractivity contribution in [3.63, 3.8) is 0 Å². The quantitative estimate of drug-likeness (QED) is 0.425. The summed E-state index contributed by atoms with van der Waals surface area (Å²) < 4.78 is 5.99. The maximum atomic E-state index is 12.8. The average Bonchev–Trinajstić information content (AvgIpc) is 2.78. The summed E-state index contributed by atoms with van der Waals surface area (Å²) in [5.74, 6) is 0.542. The van der Waals surface area contributed by atoms with Crippen LogP contribution in [0.25, 0.3) is 21.9 Å². The van der Waals surface area contributed by atoms with Crippen molar-refractivity contribution in [2.75, 3.05) is 5.32 Å². The van der Waals surface area contributed by atoms with E-state index < -0.39 is 6.10 Å². The molecule has 0 radical (unpaired) electrons. The van der Waals surface area contributed by atoms with Crippen molar-refractivity contribution in [1.29, 1.82) is 0 Å². The molecule has 0 aliphatic rings. The van der Waals surface area contributed by atoms with Gasteiger partial charge in [-0.25, -0.2) is 0 Å². The number of anilines is 1. The molecule has 0 bridgehead atoms. The molecule has 1 atom stereocenters. The highest BCUT2D eigenvalue weighted by molar-refractivity contribution is 6.03. The molecule has 0 spiro atoms. The molecule has 0 aliphatic heterocycles. The van der Waals surface area contributed by atoms with Crippen molar-refractivity contribution >= 4 is 22.4 Å². The number of ether oxygens (including phenoxy) is 1. The Morgan fingerprint density at radius 3 is 2.21 bits per heavy atom. The Hall–Kier alpha value is -3.59. The Labute approximate surface area is 171 Å². The fourth-order valence-electron chi connectivity index (χ4n) is 3.39. The third-order valence-electron chi connectivity index (χ3n) is 4.95. The van der Waals surface area contributed by atoms with Crippen LogP contribution in [0.5, 0.6) is 5.75 Å². The zero-order valence-corrected chi connectivity index (χ0v) is 16.3. The minimum absolute atomic E-state index is 0.143. The molecule has 0 saturated heterocycles. The highest BCUT2D eigenvalue weighted by atomic mass is 16.5. The Kier molecular flexibility index (Phi) is 5.57. The Balaban J connectivity index is 1.48. The number of hydrogen-bond donors (Lipinski definition) is 1. The zero-order chi connectivity index (χ0) is 20.1. The van der Waals surface area contributed by atoms with Gasteiger partial charge in [0.2, 0.25) is 0 Å². The third-order valence-corrected chi connectivity index (χ3v) is 4.95. The Morgan fingerprint density at radius 2 is 1.45 bits per heavy atom. The molecule has 4 aromatic carbocycles. The van der Waals surface area contributed by atoms with Crippen molar-refractivity contribution in [3.8, 4) is 16.9 Å². The van der Waals surface area contributed by atoms with Crippen LogP contribution in [0, 0.1) is 0 Å². The first-order valence-corrected chi connectivity index (χ1v) is 9.85. The van der Waals surface area contributed by atoms with Gasteiger partial charge in [-0.1, -0.05) is 85.8 Å². The van der Waals surface area contributed by atoms with Crippen LogP contribution in [0.2, 0.25) is 0 Å². The Bertz CT molecular complexity index is 1100. The van der Waals surface area contributed by atoms with Gasteiger partial charge < -0.3 is 10.1 Å². The number of amides is 1. The van der Waals surface area contributed by atoms with Crippen LogP contribution in [0.4, 0.5) is 5.69 Å². The fourth-order valence-corrected chi connectivity index (χ4v) is 3.39. The fraction of sp³-hybridized carbons (Fsp3) is 0.115. The van der Waals surface area contributed by atoms with E-state index >= 15 is 0 Å². The van der Waals surface area contributed by atoms with Crippen molar-refractivity contribution < 1.29 is 9.53 Å². The monoisotopic (exact) mass is 381 g/mol. The van der Waals surface area contributed by atoms with Gasteiger partial charge >= 0.3 is 0 Å². The highest BCUT2D eigenvalue weighted by Gasteiger charge is 2.19. The third kappa shape index (κ3) is 4.30. The summed E-state index contributed by atoms with van der Waals surface area (Å²) in [5, 5.41) is 5.14. The summed E-state index contributed by atoms with van der Waals surface area (Å²) in [7, 11) is 0. The molecule has 1 unspecified atom stereocenters. The lowest BCUT2D eigenvalue weighted by atomic mass is 10.1. The number of carbonyl (C=O) groups is 1. The normalized spacial score (nSPS) is 11.8. The molecular weight excluding hydrogens is 358 g/mol. The zero-order valence-electron chi connectivity index (χ0n) is 16.3. The number of benzene rings is 4. The molecular formula is C26H23NO2. The summed E-state index contributed by atoms with van der Waals surface area (Å²) >= 11 is 0. The van der Waals surface area contributed by atoms with E-state index in [1.54, 1.807) is 0 Å². The lowest BCUT2D eigenvalue weighted by Crippen LogP contribution is -2.32. The topological polar surface area (TPSA) is 38.3 Å². The average molecular weight is 381 g/mol. The molecule has 0 heterocycles. The standard InChI is InChI=1S/C26H23NO2/c1-2-25(26(28)27-24-14-8-12-21-11-6-7-13-23(21)24)29-22-17-15-20(16-18-22)19-9-4-3-5-10-19/h3-18,25H,2H2,1H3,(H,27,28). The van der Waals surface area contributed by atoms with Crippen LogP contribution in [-0.2, 0) is 4.79 Å². The van der Waals surface area contributed by atoms with Crippen LogP contribution >= 0.6 is 0 Å². The minimum atomic E-state index is -0.559. The van der Waals surface area contributed by atoms with Crippen LogP contribution in [0.1, 0.15) is 13.3 Å². The molecule has 0 saturated carbocycles. The lowest BCUT2D eigenvalue weighted by Gasteiger charge is -2.18. The predicted molar refractivity (Wildman–Crippen MR) is 119 cm³/mol. The smallest absolute Gasteiger partial charge is 0.265 e. The first-order chi connectivity index (χ1) is 14.2. The van der Waals surface area contributed by atoms with Gasteiger partial charge in [-0.3, -0.25) is 4.79 Å². The predicted octanol–water partition coefficient (Wildman–Crippen LogP) is 6.30. The number of hydrogen-bond acceptors (Lipinski definition) is 2. The van der Waals surface area contributed by atoms with E-state index in [1.165, 1.54) is 0 Å². The first kappa shape index (κ1) is 18.8. The second-order valence-corrected chi connectivity index (χ2v) is 6.92. The van der Waals surface area contributed by atoms with Gasteiger partial charge in [-0.2, -0.15) is 0 Å². The second-order valence-electron chi connectivity index (χ2n) is 6.92. The first-order valence-electron chi connectivity index (χ1n) is 9.85. The van der Waals surface area contributed by atoms with E-state index in [1.807, 2.05) is 91.9 Å². The Morgan fingerprint density at radius 1 is 0.793 bits per heavy atom. The number of nitrogens with one attached hydrogen (secondary N) is 1. The highest BCUT2D eigenvalue weighted by Crippen LogP contribution is 2.25. The molecule has 144 valence electrons. The van der Waals surface area contributed by atoms with E-state index in [9.17, 15) is 4.79 Å². The minimum Gasteiger partial charge on any atom is -0.481 e. The molecule has 3 heteroatoms. The van der Waals surface area contributed by atoms with Crippen molar-refractivity contribution in [2.24, 2.45) is 0 Å². The largest absolute Gasteiger partial charge is 0.481 e. The lowest BCUT2D eigenvalue weighted by molar-refractivity contribution is -0.122. The molecule has 29 heavy (non-hydrogen) atoms. The maximum Gasteiger partial charge on any atom is 0.265 e. The van der Waals surface area contributed by atoms with E-state index in [-0.39, 0.29) is 5.91 Å². The molecule has 3 nitrogen and oxygen atoms in total. The number of carbonyl (C=O) groups excluding carboxylic acids is 1. The summed E-state index contributed by atoms with van der Waals surface area (Å²) in [6, 6.07) is 31.9. The van der Waals surface area contributed by atoms with Crippen molar-refractivity contribution in [2.45, 2.75) is 19.4 Å². The van der Waals surface area contributed by atoms with E-state index in [2.05, 4.69) is 17.4 Å². The number of rotatable bonds is 6. The van der Waals surface area contributed by atoms with Crippen LogP contribution in [0.3, 0.4) is 0 Å². The molecule has 0 fully saturated rings. The molecule has 1 amide bonds. The SMILES string of the molecule is CCC(Oc1ccc(-c2ccccc2)cc1)C(=O)Nc1cccc2ccccc12. The van der Waals surface area contributed by atoms with Gasteiger partial charge in [-0.05, 0) is 41.1 Å². The van der Waals surface area contributed by atoms with Gasteiger partial charge in [-0.15, -0.1) is 0 Å². The molecule has 4 rings (SSSR count). The van der Waals surface area contributed by atoms with Crippen molar-refractivity contribution in [1.82, 2.24) is 0 Å². The van der Waals surface area contributed by atoms with Gasteiger partial charge in [0.25, 0.3) is 5.91 Å². The van der Waals surface area contributed by atoms with E-state index in [4.69, 9.17) is 4.74 Å². The van der Waals surface area contributed by atoms with Crippen LogP contribution in [-0.4, -0.2) is 12.0 Å². The van der Waals surface area contributed by atoms with Gasteiger partial charge in [0.1, 0.15) is 5.75 Å². The van der Waals surface area contributed by atoms with Gasteiger partial charge in [0.15, 0.2) is 6.10 Å². The van der Waals surface area contributed by atoms with E-state index in [0.717, 1.165) is 27.6 Å². The molecule has 0 aliphatic carbocycles. The van der Waals surface area contributed by atoms with Gasteiger partial charge in [0.05, 0.1) is 0 Å². The number of fused-ring (bicyclic) bond motifs is 1. The van der Waals surface area contributed by atoms with Crippen LogP contribution < -0.4 is 10.1 Å². The summed E-state index contributed by atoms with van der Waals surface area (Å²) in [5.41, 5.74) is 3.07. The maximum absolute atomic E-state index is 12.8.